The van der Waals surface area contributed by atoms with Crippen LogP contribution < -0.4 is 14.5 Å². The smallest absolute Gasteiger partial charge is 0.347 e. The highest BCUT2D eigenvalue weighted by Crippen LogP contribution is 2.26. The van der Waals surface area contributed by atoms with E-state index < -0.39 is 11.6 Å². The summed E-state index contributed by atoms with van der Waals surface area (Å²) in [7, 11) is 3.70. The summed E-state index contributed by atoms with van der Waals surface area (Å²) >= 11 is 0. The summed E-state index contributed by atoms with van der Waals surface area (Å²) in [5.41, 5.74) is 3.23. The highest BCUT2D eigenvalue weighted by atomic mass is 16.5. The van der Waals surface area contributed by atoms with Crippen molar-refractivity contribution >= 4 is 29.1 Å². The zero-order valence-corrected chi connectivity index (χ0v) is 22.9. The minimum atomic E-state index is -1.31. The molecule has 0 bridgehead atoms. The fourth-order valence-corrected chi connectivity index (χ4v) is 4.06. The van der Waals surface area contributed by atoms with Crippen molar-refractivity contribution in [2.24, 2.45) is 0 Å². The summed E-state index contributed by atoms with van der Waals surface area (Å²) in [5, 5.41) is 13.4. The molecular formula is C30H31N5O5. The molecule has 0 aliphatic heterocycles. The maximum absolute atomic E-state index is 11.4. The summed E-state index contributed by atoms with van der Waals surface area (Å²) in [6.45, 7) is 4.28. The number of carboxylic acids is 1. The molecule has 0 saturated carbocycles. The molecule has 206 valence electrons. The van der Waals surface area contributed by atoms with Crippen LogP contribution in [0.1, 0.15) is 25.0 Å². The Kier molecular flexibility index (Phi) is 7.41. The molecule has 5 aromatic rings. The van der Waals surface area contributed by atoms with E-state index in [4.69, 9.17) is 18.7 Å². The number of hydrogen-bond acceptors (Lipinski definition) is 9. The lowest BCUT2D eigenvalue weighted by atomic mass is 10.1. The van der Waals surface area contributed by atoms with E-state index in [9.17, 15) is 9.90 Å². The van der Waals surface area contributed by atoms with Crippen molar-refractivity contribution in [3.8, 4) is 17.1 Å². The Balaban J connectivity index is 1.32. The fourth-order valence-electron chi connectivity index (χ4n) is 4.06. The number of carbonyl (C=O) groups is 1. The number of fused-ring (bicyclic) bond motifs is 1. The lowest BCUT2D eigenvalue weighted by Gasteiger charge is -2.22. The summed E-state index contributed by atoms with van der Waals surface area (Å²) in [5.74, 6) is 0.0192. The maximum atomic E-state index is 11.4. The van der Waals surface area contributed by atoms with Crippen molar-refractivity contribution in [3.05, 3.63) is 83.9 Å². The molecule has 0 radical (unpaired) electrons. The Morgan fingerprint density at radius 3 is 2.27 bits per heavy atom. The number of nitrogens with zero attached hydrogens (tertiary/aromatic N) is 5. The highest BCUT2D eigenvalue weighted by molar-refractivity contribution is 5.77. The Labute approximate surface area is 231 Å². The topological polar surface area (TPSA) is 118 Å². The zero-order chi connectivity index (χ0) is 28.3. The summed E-state index contributed by atoms with van der Waals surface area (Å²) < 4.78 is 17.0. The zero-order valence-electron chi connectivity index (χ0n) is 22.9. The molecular weight excluding hydrogens is 510 g/mol. The lowest BCUT2D eigenvalue weighted by molar-refractivity contribution is -0.152. The third-order valence-electron chi connectivity index (χ3n) is 6.42. The average molecular weight is 542 g/mol. The SMILES string of the molecule is CN(C)c1nc(-c2ccc(CN(CCc3ccc(OC(C)(C)C(=O)O)cc3)c3nc4ccccc4o3)cc2)no1. The van der Waals surface area contributed by atoms with Crippen LogP contribution in [0.2, 0.25) is 0 Å². The van der Waals surface area contributed by atoms with E-state index >= 15 is 0 Å². The number of benzene rings is 3. The van der Waals surface area contributed by atoms with E-state index in [0.29, 0.717) is 36.7 Å². The van der Waals surface area contributed by atoms with Gasteiger partial charge in [-0.3, -0.25) is 0 Å². The van der Waals surface area contributed by atoms with E-state index in [-0.39, 0.29) is 0 Å². The van der Waals surface area contributed by atoms with E-state index in [1.807, 2.05) is 74.8 Å². The molecule has 0 aliphatic rings. The van der Waals surface area contributed by atoms with E-state index in [1.54, 1.807) is 17.0 Å². The second kappa shape index (κ2) is 11.1. The summed E-state index contributed by atoms with van der Waals surface area (Å²) in [6.07, 6.45) is 0.718. The summed E-state index contributed by atoms with van der Waals surface area (Å²) in [6, 6.07) is 24.2. The number of anilines is 2. The second-order valence-electron chi connectivity index (χ2n) is 10.2. The largest absolute Gasteiger partial charge is 0.478 e. The van der Waals surface area contributed by atoms with Gasteiger partial charge in [0.25, 0.3) is 6.01 Å². The minimum Gasteiger partial charge on any atom is -0.478 e. The molecule has 5 rings (SSSR count). The highest BCUT2D eigenvalue weighted by Gasteiger charge is 2.29. The monoisotopic (exact) mass is 541 g/mol. The molecule has 2 aromatic heterocycles. The van der Waals surface area contributed by atoms with Gasteiger partial charge in [0.1, 0.15) is 11.3 Å². The van der Waals surface area contributed by atoms with Crippen molar-refractivity contribution in [3.63, 3.8) is 0 Å². The van der Waals surface area contributed by atoms with Gasteiger partial charge in [0.05, 0.1) is 0 Å². The van der Waals surface area contributed by atoms with E-state index in [2.05, 4.69) is 15.0 Å². The normalized spacial score (nSPS) is 11.5. The molecule has 0 fully saturated rings. The van der Waals surface area contributed by atoms with Gasteiger partial charge < -0.3 is 28.6 Å². The van der Waals surface area contributed by atoms with E-state index in [1.165, 1.54) is 13.8 Å². The van der Waals surface area contributed by atoms with Crippen LogP contribution in [-0.2, 0) is 17.8 Å². The predicted octanol–water partition coefficient (Wildman–Crippen LogP) is 5.44. The van der Waals surface area contributed by atoms with Crippen LogP contribution >= 0.6 is 0 Å². The standard InChI is InChI=1S/C30H31N5O5/c1-30(2,27(36)37)39-23-15-11-20(12-16-23)17-18-35(29-31-24-7-5-6-8-25(24)38-29)19-21-9-13-22(14-10-21)26-32-28(34(3)4)40-33-26/h5-16H,17-19H2,1-4H3,(H,36,37). The maximum Gasteiger partial charge on any atom is 0.347 e. The van der Waals surface area contributed by atoms with E-state index in [0.717, 1.165) is 34.2 Å². The number of rotatable bonds is 11. The van der Waals surface area contributed by atoms with Gasteiger partial charge in [-0.2, -0.15) is 9.97 Å². The quantitative estimate of drug-likeness (QED) is 0.232. The predicted molar refractivity (Wildman–Crippen MR) is 152 cm³/mol. The third-order valence-corrected chi connectivity index (χ3v) is 6.42. The molecule has 0 spiro atoms. The number of ether oxygens (including phenoxy) is 1. The van der Waals surface area contributed by atoms with Gasteiger partial charge in [0, 0.05) is 32.7 Å². The Morgan fingerprint density at radius 2 is 1.62 bits per heavy atom. The van der Waals surface area contributed by atoms with Crippen LogP contribution in [0.5, 0.6) is 5.75 Å². The van der Waals surface area contributed by atoms with Crippen LogP contribution in [0.4, 0.5) is 12.0 Å². The molecule has 40 heavy (non-hydrogen) atoms. The molecule has 0 aliphatic carbocycles. The first kappa shape index (κ1) is 26.7. The third kappa shape index (κ3) is 6.06. The van der Waals surface area contributed by atoms with Crippen molar-refractivity contribution < 1.29 is 23.6 Å². The first-order valence-corrected chi connectivity index (χ1v) is 12.9. The number of oxazole rings is 1. The number of aliphatic carboxylic acids is 1. The van der Waals surface area contributed by atoms with Crippen LogP contribution in [0.25, 0.3) is 22.5 Å². The molecule has 10 heteroatoms. The molecule has 1 N–H and O–H groups in total. The number of aromatic nitrogens is 3. The van der Waals surface area contributed by atoms with Crippen LogP contribution in [0, 0.1) is 0 Å². The van der Waals surface area contributed by atoms with Gasteiger partial charge in [0.15, 0.2) is 11.2 Å². The van der Waals surface area contributed by atoms with Gasteiger partial charge in [-0.05, 0) is 55.7 Å². The molecule has 3 aromatic carbocycles. The number of hydrogen-bond donors (Lipinski definition) is 1. The van der Waals surface area contributed by atoms with Crippen molar-refractivity contribution in [1.82, 2.24) is 15.1 Å². The van der Waals surface area contributed by atoms with Gasteiger partial charge in [-0.25, -0.2) is 4.79 Å². The molecule has 0 atom stereocenters. The second-order valence-corrected chi connectivity index (χ2v) is 10.2. The lowest BCUT2D eigenvalue weighted by Crippen LogP contribution is -2.37. The molecule has 2 heterocycles. The van der Waals surface area contributed by atoms with Crippen LogP contribution in [0.3, 0.4) is 0 Å². The molecule has 0 amide bonds. The summed E-state index contributed by atoms with van der Waals surface area (Å²) in [4.78, 5) is 24.4. The minimum absolute atomic E-state index is 0.450. The van der Waals surface area contributed by atoms with Crippen molar-refractivity contribution in [1.29, 1.82) is 0 Å². The molecule has 10 nitrogen and oxygen atoms in total. The number of carboxylic acid groups (broad SMARTS) is 1. The first-order chi connectivity index (χ1) is 19.2. The number of para-hydroxylation sites is 2. The van der Waals surface area contributed by atoms with Crippen molar-refractivity contribution in [2.45, 2.75) is 32.4 Å². The average Bonchev–Trinajstić information content (AvgIpc) is 3.60. The Bertz CT molecular complexity index is 1560. The van der Waals surface area contributed by atoms with Gasteiger partial charge >= 0.3 is 12.0 Å². The molecule has 0 unspecified atom stereocenters. The fraction of sp³-hybridized carbons (Fsp3) is 0.267. The van der Waals surface area contributed by atoms with Gasteiger partial charge in [0.2, 0.25) is 5.82 Å². The van der Waals surface area contributed by atoms with Crippen LogP contribution in [-0.4, -0.2) is 52.4 Å². The van der Waals surface area contributed by atoms with Crippen LogP contribution in [0.15, 0.2) is 81.7 Å². The molecule has 0 saturated heterocycles. The first-order valence-electron chi connectivity index (χ1n) is 12.9. The van der Waals surface area contributed by atoms with Gasteiger partial charge in [-0.15, -0.1) is 0 Å². The Morgan fingerprint density at radius 1 is 0.925 bits per heavy atom. The Hall–Kier alpha value is -4.86. The van der Waals surface area contributed by atoms with Gasteiger partial charge in [-0.1, -0.05) is 53.7 Å². The van der Waals surface area contributed by atoms with Crippen molar-refractivity contribution in [2.75, 3.05) is 30.4 Å².